The number of benzene rings is 1. The Morgan fingerprint density at radius 1 is 1.11 bits per heavy atom. The number of methoxy groups -OCH3 is 1. The Morgan fingerprint density at radius 2 is 1.89 bits per heavy atom. The number of rotatable bonds is 10. The van der Waals surface area contributed by atoms with Crippen LogP contribution in [-0.4, -0.2) is 31.7 Å². The monoisotopic (exact) mass is 577 g/mol. The largest absolute Gasteiger partial charge is 0.484 e. The van der Waals surface area contributed by atoms with E-state index in [0.717, 1.165) is 10.2 Å². The van der Waals surface area contributed by atoms with Crippen molar-refractivity contribution in [1.29, 1.82) is 0 Å². The molecule has 0 N–H and O–H groups in total. The lowest BCUT2D eigenvalue weighted by Crippen LogP contribution is -2.13. The third-order valence-electron chi connectivity index (χ3n) is 5.90. The lowest BCUT2D eigenvalue weighted by Gasteiger charge is -2.21. The van der Waals surface area contributed by atoms with Crippen LogP contribution in [0.25, 0.3) is 5.69 Å². The maximum absolute atomic E-state index is 14.4. The average molecular weight is 578 g/mol. The van der Waals surface area contributed by atoms with Crippen LogP contribution in [0.4, 0.5) is 13.2 Å². The van der Waals surface area contributed by atoms with E-state index in [1.807, 2.05) is 20.0 Å². The number of alkyl halides is 2. The van der Waals surface area contributed by atoms with Crippen molar-refractivity contribution in [2.75, 3.05) is 7.11 Å². The van der Waals surface area contributed by atoms with Crippen LogP contribution in [0.15, 0.2) is 47.2 Å². The van der Waals surface area contributed by atoms with E-state index in [4.69, 9.17) is 9.47 Å². The Labute approximate surface area is 221 Å². The van der Waals surface area contributed by atoms with E-state index in [0.29, 0.717) is 47.1 Å². The maximum Gasteiger partial charge on any atom is 0.282 e. The average Bonchev–Trinajstić information content (AvgIpc) is 3.48. The Bertz CT molecular complexity index is 1390. The first-order chi connectivity index (χ1) is 17.7. The van der Waals surface area contributed by atoms with Gasteiger partial charge >= 0.3 is 0 Å². The molecule has 7 nitrogen and oxygen atoms in total. The van der Waals surface area contributed by atoms with E-state index in [1.165, 1.54) is 36.1 Å². The molecule has 1 atom stereocenters. The summed E-state index contributed by atoms with van der Waals surface area (Å²) in [4.78, 5) is 4.38. The van der Waals surface area contributed by atoms with Crippen LogP contribution < -0.4 is 9.47 Å². The van der Waals surface area contributed by atoms with Crippen molar-refractivity contribution in [2.45, 2.75) is 52.7 Å². The number of nitrogens with zero attached hydrogens (tertiary/aromatic N) is 5. The Balaban J connectivity index is 1.78. The first kappa shape index (κ1) is 26.7. The highest BCUT2D eigenvalue weighted by Gasteiger charge is 2.23. The molecule has 196 valence electrons. The second kappa shape index (κ2) is 11.4. The molecule has 0 aliphatic rings. The predicted molar refractivity (Wildman–Crippen MR) is 136 cm³/mol. The van der Waals surface area contributed by atoms with Gasteiger partial charge in [0.25, 0.3) is 6.43 Å². The minimum Gasteiger partial charge on any atom is -0.484 e. The third kappa shape index (κ3) is 5.82. The van der Waals surface area contributed by atoms with E-state index in [9.17, 15) is 13.2 Å². The van der Waals surface area contributed by atoms with Crippen LogP contribution in [0.2, 0.25) is 0 Å². The molecule has 0 spiro atoms. The van der Waals surface area contributed by atoms with Crippen LogP contribution >= 0.6 is 15.9 Å². The van der Waals surface area contributed by atoms with Crippen molar-refractivity contribution in [3.8, 4) is 17.3 Å². The van der Waals surface area contributed by atoms with Crippen molar-refractivity contribution in [3.63, 3.8) is 0 Å². The van der Waals surface area contributed by atoms with Gasteiger partial charge < -0.3 is 9.47 Å². The van der Waals surface area contributed by atoms with Crippen molar-refractivity contribution >= 4 is 15.9 Å². The topological polar surface area (TPSA) is 67.0 Å². The summed E-state index contributed by atoms with van der Waals surface area (Å²) in [6, 6.07) is 7.27. The minimum atomic E-state index is -2.78. The molecule has 11 heteroatoms. The fourth-order valence-corrected chi connectivity index (χ4v) is 4.40. The minimum absolute atomic E-state index is 0.227. The van der Waals surface area contributed by atoms with Gasteiger partial charge in [-0.3, -0.25) is 9.67 Å². The number of hydrogen-bond acceptors (Lipinski definition) is 5. The molecule has 3 heterocycles. The van der Waals surface area contributed by atoms with Gasteiger partial charge in [0.15, 0.2) is 0 Å². The van der Waals surface area contributed by atoms with Gasteiger partial charge in [0.05, 0.1) is 18.5 Å². The zero-order valence-electron chi connectivity index (χ0n) is 20.9. The molecular weight excluding hydrogens is 551 g/mol. The summed E-state index contributed by atoms with van der Waals surface area (Å²) < 4.78 is 57.4. The molecule has 4 rings (SSSR count). The molecule has 0 amide bonds. The predicted octanol–water partition coefficient (Wildman–Crippen LogP) is 6.62. The standard InChI is InChI=1S/C26H27BrF3N5O2/c1-5-21-24(10-17(27)13-31-21)37-15(3)20-11-18(28)7-8-23(20)35-19(12-22(32-35)25(29)30)9-16-14-34(6-2)33-26(16)36-4/h7-8,10-15,25H,5-6,9H2,1-4H3/t15-/m1/s1. The van der Waals surface area contributed by atoms with E-state index < -0.39 is 18.3 Å². The van der Waals surface area contributed by atoms with Gasteiger partial charge in [-0.25, -0.2) is 17.9 Å². The Morgan fingerprint density at radius 3 is 2.57 bits per heavy atom. The smallest absolute Gasteiger partial charge is 0.282 e. The SMILES string of the molecule is CCc1ncc(Br)cc1O[C@H](C)c1cc(F)ccc1-n1nc(C(F)F)cc1Cc1cn(CC)nc1OC. The number of ether oxygens (including phenoxy) is 2. The van der Waals surface area contributed by atoms with Crippen molar-refractivity contribution < 1.29 is 22.6 Å². The molecule has 0 radical (unpaired) electrons. The van der Waals surface area contributed by atoms with Crippen LogP contribution in [-0.2, 0) is 19.4 Å². The molecule has 0 unspecified atom stereocenters. The number of pyridine rings is 1. The molecule has 0 aliphatic heterocycles. The normalized spacial score (nSPS) is 12.2. The molecule has 4 aromatic rings. The number of halogens is 4. The van der Waals surface area contributed by atoms with Crippen LogP contribution in [0.3, 0.4) is 0 Å². The number of aryl methyl sites for hydroxylation is 2. The van der Waals surface area contributed by atoms with Gasteiger partial charge in [-0.05, 0) is 66.5 Å². The summed E-state index contributed by atoms with van der Waals surface area (Å²) in [5.41, 5.74) is 2.43. The van der Waals surface area contributed by atoms with Gasteiger partial charge in [-0.2, -0.15) is 5.10 Å². The summed E-state index contributed by atoms with van der Waals surface area (Å²) in [6.07, 6.45) is 0.932. The summed E-state index contributed by atoms with van der Waals surface area (Å²) >= 11 is 3.41. The Hall–Kier alpha value is -3.34. The van der Waals surface area contributed by atoms with Gasteiger partial charge in [0.1, 0.15) is 23.4 Å². The van der Waals surface area contributed by atoms with Crippen molar-refractivity contribution in [3.05, 3.63) is 81.2 Å². The number of aromatic nitrogens is 5. The molecular formula is C26H27BrF3N5O2. The van der Waals surface area contributed by atoms with Gasteiger partial charge in [0.2, 0.25) is 5.88 Å². The highest BCUT2D eigenvalue weighted by molar-refractivity contribution is 9.10. The molecule has 0 saturated heterocycles. The summed E-state index contributed by atoms with van der Waals surface area (Å²) in [5, 5.41) is 8.54. The molecule has 0 saturated carbocycles. The molecule has 0 aliphatic carbocycles. The quantitative estimate of drug-likeness (QED) is 0.212. The molecule has 3 aromatic heterocycles. The fourth-order valence-electron chi connectivity index (χ4n) is 4.09. The maximum atomic E-state index is 14.4. The van der Waals surface area contributed by atoms with E-state index in [1.54, 1.807) is 23.9 Å². The molecule has 37 heavy (non-hydrogen) atoms. The first-order valence-electron chi connectivity index (χ1n) is 11.8. The van der Waals surface area contributed by atoms with Crippen LogP contribution in [0.1, 0.15) is 61.5 Å². The van der Waals surface area contributed by atoms with Crippen LogP contribution in [0.5, 0.6) is 11.6 Å². The van der Waals surface area contributed by atoms with Crippen molar-refractivity contribution in [1.82, 2.24) is 24.5 Å². The van der Waals surface area contributed by atoms with E-state index >= 15 is 0 Å². The van der Waals surface area contributed by atoms with Gasteiger partial charge in [-0.15, -0.1) is 5.10 Å². The van der Waals surface area contributed by atoms with Crippen LogP contribution in [0, 0.1) is 5.82 Å². The Kier molecular flexibility index (Phi) is 8.21. The highest BCUT2D eigenvalue weighted by Crippen LogP contribution is 2.33. The lowest BCUT2D eigenvalue weighted by atomic mass is 10.1. The lowest BCUT2D eigenvalue weighted by molar-refractivity contribution is 0.145. The van der Waals surface area contributed by atoms with Crippen molar-refractivity contribution in [2.24, 2.45) is 0 Å². The summed E-state index contributed by atoms with van der Waals surface area (Å²) in [7, 11) is 1.51. The van der Waals surface area contributed by atoms with Gasteiger partial charge in [0, 0.05) is 46.7 Å². The highest BCUT2D eigenvalue weighted by atomic mass is 79.9. The molecule has 1 aromatic carbocycles. The second-order valence-electron chi connectivity index (χ2n) is 8.38. The first-order valence-corrected chi connectivity index (χ1v) is 12.6. The van der Waals surface area contributed by atoms with E-state index in [-0.39, 0.29) is 12.1 Å². The summed E-state index contributed by atoms with van der Waals surface area (Å²) in [5.74, 6) is 0.467. The fraction of sp³-hybridized carbons (Fsp3) is 0.346. The molecule has 0 fully saturated rings. The second-order valence-corrected chi connectivity index (χ2v) is 9.30. The third-order valence-corrected chi connectivity index (χ3v) is 6.34. The zero-order chi connectivity index (χ0) is 26.7. The summed E-state index contributed by atoms with van der Waals surface area (Å²) in [6.45, 7) is 6.29. The number of hydrogen-bond donors (Lipinski definition) is 0. The van der Waals surface area contributed by atoms with Gasteiger partial charge in [-0.1, -0.05) is 6.92 Å². The zero-order valence-corrected chi connectivity index (χ0v) is 22.5. The molecule has 0 bridgehead atoms. The van der Waals surface area contributed by atoms with E-state index in [2.05, 4.69) is 31.1 Å².